The summed E-state index contributed by atoms with van der Waals surface area (Å²) in [5.41, 5.74) is 1.14. The fourth-order valence-electron chi connectivity index (χ4n) is 2.79. The van der Waals surface area contributed by atoms with Crippen LogP contribution in [-0.4, -0.2) is 43.7 Å². The molecule has 1 N–H and O–H groups in total. The van der Waals surface area contributed by atoms with Crippen LogP contribution in [0.2, 0.25) is 0 Å². The highest BCUT2D eigenvalue weighted by Gasteiger charge is 2.22. The van der Waals surface area contributed by atoms with Crippen molar-refractivity contribution in [1.82, 2.24) is 5.32 Å². The Bertz CT molecular complexity index is 487. The first-order valence-electron chi connectivity index (χ1n) is 7.84. The Kier molecular flexibility index (Phi) is 6.43. The van der Waals surface area contributed by atoms with Crippen LogP contribution in [0.25, 0.3) is 0 Å². The predicted octanol–water partition coefficient (Wildman–Crippen LogP) is 2.92. The van der Waals surface area contributed by atoms with Gasteiger partial charge in [0.05, 0.1) is 12.8 Å². The summed E-state index contributed by atoms with van der Waals surface area (Å²) in [4.78, 5) is 14.3. The minimum Gasteiger partial charge on any atom is -0.495 e. The number of ether oxygens (including phenoxy) is 1. The van der Waals surface area contributed by atoms with Crippen LogP contribution < -0.4 is 15.0 Å². The number of para-hydroxylation sites is 2. The molecule has 0 aromatic heterocycles. The number of rotatable bonds is 6. The van der Waals surface area contributed by atoms with Gasteiger partial charge in [-0.3, -0.25) is 4.79 Å². The van der Waals surface area contributed by atoms with Gasteiger partial charge in [0, 0.05) is 30.8 Å². The molecule has 1 heterocycles. The number of benzene rings is 1. The van der Waals surface area contributed by atoms with Gasteiger partial charge in [-0.05, 0) is 31.2 Å². The van der Waals surface area contributed by atoms with Gasteiger partial charge in [-0.25, -0.2) is 0 Å². The summed E-state index contributed by atoms with van der Waals surface area (Å²) in [6.07, 6.45) is 4.62. The molecule has 0 unspecified atom stereocenters. The van der Waals surface area contributed by atoms with Crippen LogP contribution in [0.3, 0.4) is 0 Å². The molecular weight excluding hydrogens is 296 g/mol. The van der Waals surface area contributed by atoms with E-state index in [1.54, 1.807) is 18.9 Å². The van der Waals surface area contributed by atoms with Crippen LogP contribution >= 0.6 is 11.8 Å². The molecule has 0 bridgehead atoms. The zero-order chi connectivity index (χ0) is 15.9. The Balaban J connectivity index is 1.84. The minimum atomic E-state index is 0.178. The lowest BCUT2D eigenvalue weighted by atomic mass is 10.0. The van der Waals surface area contributed by atoms with Crippen molar-refractivity contribution < 1.29 is 9.53 Å². The van der Waals surface area contributed by atoms with E-state index >= 15 is 0 Å². The van der Waals surface area contributed by atoms with Crippen molar-refractivity contribution in [2.75, 3.05) is 31.4 Å². The van der Waals surface area contributed by atoms with E-state index in [1.165, 1.54) is 0 Å². The van der Waals surface area contributed by atoms with E-state index in [9.17, 15) is 4.79 Å². The fourth-order valence-corrected chi connectivity index (χ4v) is 3.10. The minimum absolute atomic E-state index is 0.178. The molecule has 1 atom stereocenters. The van der Waals surface area contributed by atoms with E-state index in [0.29, 0.717) is 17.7 Å². The van der Waals surface area contributed by atoms with Crippen LogP contribution in [0.15, 0.2) is 24.3 Å². The van der Waals surface area contributed by atoms with Crippen molar-refractivity contribution in [3.8, 4) is 5.75 Å². The number of piperidine rings is 1. The normalized spacial score (nSPS) is 17.1. The number of carbonyl (C=O) groups excluding carboxylic acids is 1. The average molecular weight is 322 g/mol. The molecule has 0 saturated carbocycles. The molecule has 1 fully saturated rings. The molecule has 1 aromatic carbocycles. The Morgan fingerprint density at radius 1 is 1.41 bits per heavy atom. The zero-order valence-electron chi connectivity index (χ0n) is 13.7. The Morgan fingerprint density at radius 3 is 2.73 bits per heavy atom. The van der Waals surface area contributed by atoms with Gasteiger partial charge in [0.15, 0.2) is 0 Å². The summed E-state index contributed by atoms with van der Waals surface area (Å²) in [5.74, 6) is 1.09. The third-order valence-corrected chi connectivity index (χ3v) is 5.13. The first kappa shape index (κ1) is 17.0. The number of hydrogen-bond donors (Lipinski definition) is 1. The topological polar surface area (TPSA) is 41.6 Å². The number of hydrogen-bond acceptors (Lipinski definition) is 4. The summed E-state index contributed by atoms with van der Waals surface area (Å²) < 4.78 is 5.43. The third kappa shape index (κ3) is 4.57. The van der Waals surface area contributed by atoms with Crippen molar-refractivity contribution in [2.24, 2.45) is 0 Å². The number of nitrogens with one attached hydrogen (secondary N) is 1. The highest BCUT2D eigenvalue weighted by Crippen LogP contribution is 2.29. The smallest absolute Gasteiger partial charge is 0.221 e. The molecule has 1 aromatic rings. The first-order chi connectivity index (χ1) is 10.6. The van der Waals surface area contributed by atoms with E-state index in [2.05, 4.69) is 23.2 Å². The van der Waals surface area contributed by atoms with Crippen LogP contribution in [-0.2, 0) is 4.79 Å². The van der Waals surface area contributed by atoms with Crippen molar-refractivity contribution in [3.05, 3.63) is 24.3 Å². The molecule has 1 saturated heterocycles. The number of thioether (sulfide) groups is 1. The van der Waals surface area contributed by atoms with Gasteiger partial charge in [0.1, 0.15) is 5.75 Å². The highest BCUT2D eigenvalue weighted by atomic mass is 32.2. The highest BCUT2D eigenvalue weighted by molar-refractivity contribution is 7.99. The summed E-state index contributed by atoms with van der Waals surface area (Å²) in [5, 5.41) is 3.56. The van der Waals surface area contributed by atoms with E-state index in [4.69, 9.17) is 4.74 Å². The van der Waals surface area contributed by atoms with Gasteiger partial charge in [-0.15, -0.1) is 0 Å². The maximum atomic E-state index is 12.0. The first-order valence-corrected chi connectivity index (χ1v) is 9.13. The van der Waals surface area contributed by atoms with Crippen LogP contribution in [0.4, 0.5) is 5.69 Å². The predicted molar refractivity (Wildman–Crippen MR) is 94.0 cm³/mol. The molecule has 22 heavy (non-hydrogen) atoms. The van der Waals surface area contributed by atoms with E-state index in [0.717, 1.165) is 37.4 Å². The summed E-state index contributed by atoms with van der Waals surface area (Å²) in [6, 6.07) is 8.41. The summed E-state index contributed by atoms with van der Waals surface area (Å²) >= 11 is 1.73. The molecule has 1 aliphatic rings. The van der Waals surface area contributed by atoms with Crippen LogP contribution in [0, 0.1) is 0 Å². The molecule has 5 heteroatoms. The molecule has 0 spiro atoms. The van der Waals surface area contributed by atoms with E-state index in [1.807, 2.05) is 24.5 Å². The second kappa shape index (κ2) is 8.32. The van der Waals surface area contributed by atoms with Gasteiger partial charge < -0.3 is 15.0 Å². The van der Waals surface area contributed by atoms with Crippen LogP contribution in [0.1, 0.15) is 26.2 Å². The van der Waals surface area contributed by atoms with Gasteiger partial charge in [-0.1, -0.05) is 19.1 Å². The Labute approximate surface area is 137 Å². The van der Waals surface area contributed by atoms with Crippen molar-refractivity contribution >= 4 is 23.4 Å². The van der Waals surface area contributed by atoms with Gasteiger partial charge in [0.2, 0.25) is 5.91 Å². The Hall–Kier alpha value is -1.36. The van der Waals surface area contributed by atoms with E-state index < -0.39 is 0 Å². The number of amides is 1. The third-order valence-electron chi connectivity index (χ3n) is 4.16. The number of nitrogens with zero attached hydrogens (tertiary/aromatic N) is 1. The molecule has 1 amide bonds. The lowest BCUT2D eigenvalue weighted by molar-refractivity contribution is -0.121. The van der Waals surface area contributed by atoms with Crippen molar-refractivity contribution in [1.29, 1.82) is 0 Å². The van der Waals surface area contributed by atoms with E-state index in [-0.39, 0.29) is 5.91 Å². The molecule has 1 aliphatic heterocycles. The summed E-state index contributed by atoms with van der Waals surface area (Å²) in [6.45, 7) is 3.99. The summed E-state index contributed by atoms with van der Waals surface area (Å²) in [7, 11) is 1.71. The Morgan fingerprint density at radius 2 is 2.09 bits per heavy atom. The molecular formula is C17H26N2O2S. The SMILES string of the molecule is COc1ccccc1N1CCC(NC(=O)C[C@H](C)SC)CC1. The molecule has 4 nitrogen and oxygen atoms in total. The fraction of sp³-hybridized carbons (Fsp3) is 0.588. The second-order valence-corrected chi connectivity index (χ2v) is 7.03. The maximum absolute atomic E-state index is 12.0. The van der Waals surface area contributed by atoms with Gasteiger partial charge >= 0.3 is 0 Å². The average Bonchev–Trinajstić information content (AvgIpc) is 2.55. The second-order valence-electron chi connectivity index (χ2n) is 5.75. The van der Waals surface area contributed by atoms with Crippen molar-refractivity contribution in [2.45, 2.75) is 37.5 Å². The van der Waals surface area contributed by atoms with Gasteiger partial charge in [0.25, 0.3) is 0 Å². The quantitative estimate of drug-likeness (QED) is 0.874. The zero-order valence-corrected chi connectivity index (χ0v) is 14.5. The molecule has 0 radical (unpaired) electrons. The molecule has 2 rings (SSSR count). The maximum Gasteiger partial charge on any atom is 0.221 e. The number of carbonyl (C=O) groups is 1. The monoisotopic (exact) mass is 322 g/mol. The van der Waals surface area contributed by atoms with Gasteiger partial charge in [-0.2, -0.15) is 11.8 Å². The molecule has 122 valence electrons. The lowest BCUT2D eigenvalue weighted by Gasteiger charge is -2.34. The standard InChI is InChI=1S/C17H26N2O2S/c1-13(22-3)12-17(20)18-14-8-10-19(11-9-14)15-6-4-5-7-16(15)21-2/h4-7,13-14H,8-12H2,1-3H3,(H,18,20)/t13-/m0/s1. The number of methoxy groups -OCH3 is 1. The largest absolute Gasteiger partial charge is 0.495 e. The van der Waals surface area contributed by atoms with Crippen LogP contribution in [0.5, 0.6) is 5.75 Å². The number of anilines is 1. The molecule has 0 aliphatic carbocycles. The van der Waals surface area contributed by atoms with Crippen molar-refractivity contribution in [3.63, 3.8) is 0 Å². The lowest BCUT2D eigenvalue weighted by Crippen LogP contribution is -2.45.